The molecule has 106 valence electrons. The number of ether oxygens (including phenoxy) is 1. The van der Waals surface area contributed by atoms with E-state index < -0.39 is 0 Å². The number of amides is 1. The van der Waals surface area contributed by atoms with Gasteiger partial charge in [-0.15, -0.1) is 0 Å². The van der Waals surface area contributed by atoms with Crippen molar-refractivity contribution in [1.82, 2.24) is 10.6 Å². The molecule has 2 bridgehead atoms. The summed E-state index contributed by atoms with van der Waals surface area (Å²) in [4.78, 5) is 11.5. The summed E-state index contributed by atoms with van der Waals surface area (Å²) < 4.78 is 6.14. The highest BCUT2D eigenvalue weighted by Crippen LogP contribution is 2.34. The van der Waals surface area contributed by atoms with Gasteiger partial charge in [0.2, 0.25) is 0 Å². The van der Waals surface area contributed by atoms with Crippen molar-refractivity contribution in [1.29, 1.82) is 0 Å². The summed E-state index contributed by atoms with van der Waals surface area (Å²) in [6.45, 7) is 0. The molecular weight excluding hydrogens is 252 g/mol. The first-order chi connectivity index (χ1) is 9.79. The van der Waals surface area contributed by atoms with Crippen molar-refractivity contribution in [3.63, 3.8) is 0 Å². The topological polar surface area (TPSA) is 50.4 Å². The van der Waals surface area contributed by atoms with Crippen LogP contribution in [0.25, 0.3) is 0 Å². The number of nitrogens with one attached hydrogen (secondary N) is 2. The number of fused-ring (bicyclic) bond motifs is 2. The number of carbonyl (C=O) groups is 1. The van der Waals surface area contributed by atoms with Gasteiger partial charge in [0.05, 0.1) is 11.7 Å². The van der Waals surface area contributed by atoms with Crippen molar-refractivity contribution in [2.24, 2.45) is 0 Å². The van der Waals surface area contributed by atoms with Crippen LogP contribution in [0, 0.1) is 0 Å². The van der Waals surface area contributed by atoms with Gasteiger partial charge in [0.1, 0.15) is 11.9 Å². The molecule has 4 aliphatic rings. The normalized spacial score (nSPS) is 35.9. The van der Waals surface area contributed by atoms with Crippen LogP contribution >= 0.6 is 0 Å². The number of carbonyl (C=O) groups excluding carboxylic acids is 1. The highest BCUT2D eigenvalue weighted by molar-refractivity contribution is 5.94. The Morgan fingerprint density at radius 1 is 1.10 bits per heavy atom. The average molecular weight is 272 g/mol. The largest absolute Gasteiger partial charge is 0.484 e. The summed E-state index contributed by atoms with van der Waals surface area (Å²) in [5.74, 6) is 0.641. The van der Waals surface area contributed by atoms with E-state index in [0.717, 1.165) is 12.1 Å². The summed E-state index contributed by atoms with van der Waals surface area (Å²) in [6.07, 6.45) is 13.5. The van der Waals surface area contributed by atoms with E-state index >= 15 is 0 Å². The second-order valence-electron chi connectivity index (χ2n) is 6.09. The summed E-state index contributed by atoms with van der Waals surface area (Å²) in [5.41, 5.74) is 2.19. The predicted octanol–water partition coefficient (Wildman–Crippen LogP) is 1.90. The van der Waals surface area contributed by atoms with Crippen LogP contribution in [0.5, 0.6) is 0 Å². The number of rotatable bonds is 0. The Balaban J connectivity index is 1.69. The van der Waals surface area contributed by atoms with E-state index in [-0.39, 0.29) is 18.1 Å². The molecule has 0 aromatic rings. The lowest BCUT2D eigenvalue weighted by atomic mass is 9.96. The van der Waals surface area contributed by atoms with E-state index in [1.807, 2.05) is 0 Å². The molecule has 0 aromatic heterocycles. The van der Waals surface area contributed by atoms with Crippen LogP contribution in [-0.4, -0.2) is 24.1 Å². The van der Waals surface area contributed by atoms with Gasteiger partial charge in [-0.25, -0.2) is 0 Å². The molecule has 0 aromatic carbocycles. The van der Waals surface area contributed by atoms with E-state index in [4.69, 9.17) is 4.74 Å². The quantitative estimate of drug-likeness (QED) is 0.662. The molecule has 3 atom stereocenters. The highest BCUT2D eigenvalue weighted by atomic mass is 16.5. The van der Waals surface area contributed by atoms with Gasteiger partial charge in [-0.2, -0.15) is 0 Å². The molecule has 4 nitrogen and oxygen atoms in total. The van der Waals surface area contributed by atoms with Gasteiger partial charge in [-0.1, -0.05) is 25.3 Å². The van der Waals surface area contributed by atoms with Crippen LogP contribution in [0.4, 0.5) is 0 Å². The van der Waals surface area contributed by atoms with Gasteiger partial charge in [0, 0.05) is 12.1 Å². The molecular formula is C16H20N2O2. The average Bonchev–Trinajstić information content (AvgIpc) is 2.93. The molecule has 1 amide bonds. The van der Waals surface area contributed by atoms with E-state index in [1.165, 1.54) is 37.7 Å². The monoisotopic (exact) mass is 272 g/mol. The van der Waals surface area contributed by atoms with Crippen molar-refractivity contribution in [2.45, 2.75) is 56.7 Å². The maximum atomic E-state index is 11.5. The van der Waals surface area contributed by atoms with E-state index in [2.05, 4.69) is 22.8 Å². The minimum absolute atomic E-state index is 0.0729. The SMILES string of the molecule is O=C1C=C2OC3CCCCCCC4C=C3C(C=C2N1)N4. The predicted molar refractivity (Wildman–Crippen MR) is 75.7 cm³/mol. The second kappa shape index (κ2) is 4.77. The van der Waals surface area contributed by atoms with E-state index in [9.17, 15) is 4.79 Å². The van der Waals surface area contributed by atoms with Gasteiger partial charge in [0.15, 0.2) is 0 Å². The Hall–Kier alpha value is -1.55. The van der Waals surface area contributed by atoms with Crippen LogP contribution in [0.3, 0.4) is 0 Å². The molecule has 3 heterocycles. The number of hydrogen-bond donors (Lipinski definition) is 2. The fourth-order valence-corrected chi connectivity index (χ4v) is 3.64. The summed E-state index contributed by atoms with van der Waals surface area (Å²) in [6, 6.07) is 0.668. The molecule has 0 saturated heterocycles. The van der Waals surface area contributed by atoms with Crippen molar-refractivity contribution in [3.8, 4) is 0 Å². The fourth-order valence-electron chi connectivity index (χ4n) is 3.64. The molecule has 2 N–H and O–H groups in total. The van der Waals surface area contributed by atoms with Crippen molar-refractivity contribution < 1.29 is 9.53 Å². The third-order valence-electron chi connectivity index (χ3n) is 4.64. The summed E-state index contributed by atoms with van der Waals surface area (Å²) in [7, 11) is 0. The fraction of sp³-hybridized carbons (Fsp3) is 0.562. The van der Waals surface area contributed by atoms with Crippen molar-refractivity contribution >= 4 is 5.91 Å². The summed E-state index contributed by atoms with van der Waals surface area (Å²) >= 11 is 0. The molecule has 0 radical (unpaired) electrons. The van der Waals surface area contributed by atoms with Crippen LogP contribution < -0.4 is 10.6 Å². The minimum atomic E-state index is -0.0729. The van der Waals surface area contributed by atoms with Crippen LogP contribution in [-0.2, 0) is 9.53 Å². The van der Waals surface area contributed by atoms with Gasteiger partial charge >= 0.3 is 0 Å². The molecule has 3 unspecified atom stereocenters. The van der Waals surface area contributed by atoms with E-state index in [1.54, 1.807) is 6.08 Å². The van der Waals surface area contributed by atoms with Gasteiger partial charge in [-0.05, 0) is 30.9 Å². The van der Waals surface area contributed by atoms with Crippen molar-refractivity contribution in [2.75, 3.05) is 0 Å². The van der Waals surface area contributed by atoms with Crippen LogP contribution in [0.1, 0.15) is 38.5 Å². The molecule has 0 fully saturated rings. The standard InChI is InChI=1S/C16H20N2O2/c19-16-9-15-13(18-16)8-12-11-7-10(17-12)5-3-1-2-4-6-14(11)20-15/h7-10,12,14,17H,1-6H2,(H,18,19). The molecule has 20 heavy (non-hydrogen) atoms. The second-order valence-corrected chi connectivity index (χ2v) is 6.09. The Morgan fingerprint density at radius 2 is 1.95 bits per heavy atom. The molecule has 4 rings (SSSR count). The first-order valence-corrected chi connectivity index (χ1v) is 7.69. The molecule has 4 heteroatoms. The zero-order valence-corrected chi connectivity index (χ0v) is 11.5. The first kappa shape index (κ1) is 12.2. The lowest BCUT2D eigenvalue weighted by Gasteiger charge is -2.21. The first-order valence-electron chi connectivity index (χ1n) is 7.69. The third kappa shape index (κ3) is 2.08. The summed E-state index contributed by atoms with van der Waals surface area (Å²) in [5, 5.41) is 6.53. The molecule has 0 saturated carbocycles. The smallest absolute Gasteiger partial charge is 0.252 e. The van der Waals surface area contributed by atoms with Crippen molar-refractivity contribution in [3.05, 3.63) is 35.3 Å². The molecule has 3 aliphatic heterocycles. The Morgan fingerprint density at radius 3 is 2.85 bits per heavy atom. The lowest BCUT2D eigenvalue weighted by Crippen LogP contribution is -2.32. The van der Waals surface area contributed by atoms with E-state index in [0.29, 0.717) is 11.8 Å². The molecule has 1 aliphatic carbocycles. The Labute approximate surface area is 118 Å². The third-order valence-corrected chi connectivity index (χ3v) is 4.64. The zero-order chi connectivity index (χ0) is 13.5. The van der Waals surface area contributed by atoms with Gasteiger partial charge < -0.3 is 15.4 Å². The molecule has 0 spiro atoms. The Kier molecular flexibility index (Phi) is 2.91. The highest BCUT2D eigenvalue weighted by Gasteiger charge is 2.36. The number of hydrogen-bond acceptors (Lipinski definition) is 3. The maximum Gasteiger partial charge on any atom is 0.252 e. The van der Waals surface area contributed by atoms with Crippen LogP contribution in [0.2, 0.25) is 0 Å². The minimum Gasteiger partial charge on any atom is -0.484 e. The van der Waals surface area contributed by atoms with Gasteiger partial charge in [0.25, 0.3) is 5.91 Å². The maximum absolute atomic E-state index is 11.5. The van der Waals surface area contributed by atoms with Gasteiger partial charge in [-0.3, -0.25) is 4.79 Å². The Bertz CT molecular complexity index is 533. The lowest BCUT2D eigenvalue weighted by molar-refractivity contribution is -0.115. The van der Waals surface area contributed by atoms with Crippen LogP contribution in [0.15, 0.2) is 35.3 Å². The zero-order valence-electron chi connectivity index (χ0n) is 11.5.